The first-order valence-corrected chi connectivity index (χ1v) is 12.9. The summed E-state index contributed by atoms with van der Waals surface area (Å²) in [5, 5.41) is 2.51. The number of hydrogen-bond donors (Lipinski definition) is 1. The highest BCUT2D eigenvalue weighted by molar-refractivity contribution is 7.99. The van der Waals surface area contributed by atoms with Crippen molar-refractivity contribution in [3.8, 4) is 11.1 Å². The van der Waals surface area contributed by atoms with E-state index >= 15 is 0 Å². The van der Waals surface area contributed by atoms with Gasteiger partial charge in [-0.1, -0.05) is 71.9 Å². The molecule has 0 atom stereocenters. The van der Waals surface area contributed by atoms with Crippen molar-refractivity contribution < 1.29 is 27.5 Å². The summed E-state index contributed by atoms with van der Waals surface area (Å²) in [6, 6.07) is 17.6. The normalized spacial score (nSPS) is 12.5. The number of carbonyl (C=O) groups is 2. The van der Waals surface area contributed by atoms with Crippen LogP contribution in [-0.2, 0) is 17.5 Å². The highest BCUT2D eigenvalue weighted by Gasteiger charge is 2.35. The molecule has 0 spiro atoms. The maximum atomic E-state index is 13.9. The standard InChI is InChI=1S/C28H19ClF3N3O3S/c29-23-10-9-22(28(30,31)32)20(25(23)39-26-24(14-36)33-11-12-34-26)13-35-27(37)38-15-21-18-7-3-1-5-16(18)17-6-2-4-8-19(17)21/h1-12,14,21H,13,15H2,(H,35,37). The van der Waals surface area contributed by atoms with Crippen LogP contribution in [-0.4, -0.2) is 29.0 Å². The Morgan fingerprint density at radius 1 is 1.00 bits per heavy atom. The van der Waals surface area contributed by atoms with Gasteiger partial charge in [-0.15, -0.1) is 0 Å². The number of nitrogens with zero attached hydrogens (tertiary/aromatic N) is 2. The second-order valence-corrected chi connectivity index (χ2v) is 9.95. The molecule has 0 saturated carbocycles. The Labute approximate surface area is 230 Å². The molecule has 3 aromatic carbocycles. The number of aldehydes is 1. The van der Waals surface area contributed by atoms with Crippen LogP contribution in [0, 0.1) is 0 Å². The van der Waals surface area contributed by atoms with Crippen LogP contribution in [0.1, 0.15) is 38.7 Å². The largest absolute Gasteiger partial charge is 0.449 e. The van der Waals surface area contributed by atoms with E-state index in [4.69, 9.17) is 16.3 Å². The van der Waals surface area contributed by atoms with E-state index in [0.29, 0.717) is 6.29 Å². The van der Waals surface area contributed by atoms with E-state index < -0.39 is 24.4 Å². The van der Waals surface area contributed by atoms with E-state index in [2.05, 4.69) is 15.3 Å². The average Bonchev–Trinajstić information content (AvgIpc) is 3.25. The van der Waals surface area contributed by atoms with Crippen LogP contribution in [0.3, 0.4) is 0 Å². The summed E-state index contributed by atoms with van der Waals surface area (Å²) in [6.07, 6.45) is -2.56. The van der Waals surface area contributed by atoms with Crippen LogP contribution in [0.5, 0.6) is 0 Å². The number of nitrogens with one attached hydrogen (secondary N) is 1. The molecule has 1 heterocycles. The fourth-order valence-electron chi connectivity index (χ4n) is 4.55. The Hall–Kier alpha value is -3.89. The number of hydrogen-bond acceptors (Lipinski definition) is 6. The first-order chi connectivity index (χ1) is 18.8. The molecule has 6 nitrogen and oxygen atoms in total. The van der Waals surface area contributed by atoms with Crippen molar-refractivity contribution >= 4 is 35.7 Å². The second kappa shape index (κ2) is 11.1. The molecule has 0 radical (unpaired) electrons. The third-order valence-corrected chi connectivity index (χ3v) is 7.88. The van der Waals surface area contributed by atoms with Crippen LogP contribution in [0.15, 0.2) is 83.0 Å². The molecule has 0 fully saturated rings. The van der Waals surface area contributed by atoms with E-state index in [-0.39, 0.29) is 38.7 Å². The number of ether oxygens (including phenoxy) is 1. The van der Waals surface area contributed by atoms with Crippen molar-refractivity contribution in [1.29, 1.82) is 0 Å². The molecule has 0 saturated heterocycles. The van der Waals surface area contributed by atoms with Crippen molar-refractivity contribution in [1.82, 2.24) is 15.3 Å². The predicted octanol–water partition coefficient (Wildman–Crippen LogP) is 7.15. The zero-order valence-corrected chi connectivity index (χ0v) is 21.6. The minimum atomic E-state index is -4.73. The molecule has 11 heteroatoms. The van der Waals surface area contributed by atoms with Crippen molar-refractivity contribution in [2.24, 2.45) is 0 Å². The molecule has 1 aliphatic rings. The number of aromatic nitrogens is 2. The fraction of sp³-hybridized carbons (Fsp3) is 0.143. The Morgan fingerprint density at radius 2 is 1.64 bits per heavy atom. The molecule has 1 amide bonds. The van der Waals surface area contributed by atoms with Crippen molar-refractivity contribution in [3.05, 3.63) is 106 Å². The van der Waals surface area contributed by atoms with Gasteiger partial charge in [-0.2, -0.15) is 13.2 Å². The topological polar surface area (TPSA) is 81.2 Å². The number of rotatable bonds is 7. The van der Waals surface area contributed by atoms with Gasteiger partial charge in [0.05, 0.1) is 10.6 Å². The van der Waals surface area contributed by atoms with Crippen LogP contribution in [0.2, 0.25) is 5.02 Å². The summed E-state index contributed by atoms with van der Waals surface area (Å²) >= 11 is 7.05. The molecule has 0 unspecified atom stereocenters. The number of fused-ring (bicyclic) bond motifs is 3. The monoisotopic (exact) mass is 569 g/mol. The van der Waals surface area contributed by atoms with Gasteiger partial charge in [0.2, 0.25) is 0 Å². The van der Waals surface area contributed by atoms with Gasteiger partial charge in [0.25, 0.3) is 0 Å². The zero-order valence-electron chi connectivity index (χ0n) is 20.0. The quantitative estimate of drug-likeness (QED) is 0.238. The lowest BCUT2D eigenvalue weighted by atomic mass is 9.98. The Balaban J connectivity index is 1.36. The number of carbonyl (C=O) groups excluding carboxylic acids is 2. The third-order valence-electron chi connectivity index (χ3n) is 6.27. The van der Waals surface area contributed by atoms with Gasteiger partial charge >= 0.3 is 12.3 Å². The lowest BCUT2D eigenvalue weighted by molar-refractivity contribution is -0.138. The zero-order chi connectivity index (χ0) is 27.6. The number of alkyl halides is 3. The van der Waals surface area contributed by atoms with Gasteiger partial charge in [0.15, 0.2) is 6.29 Å². The maximum Gasteiger partial charge on any atom is 0.416 e. The Bertz CT molecular complexity index is 1520. The lowest BCUT2D eigenvalue weighted by Crippen LogP contribution is -2.27. The highest BCUT2D eigenvalue weighted by Crippen LogP contribution is 2.45. The van der Waals surface area contributed by atoms with Crippen LogP contribution in [0.25, 0.3) is 11.1 Å². The molecule has 5 rings (SSSR count). The van der Waals surface area contributed by atoms with E-state index in [1.54, 1.807) is 0 Å². The van der Waals surface area contributed by atoms with E-state index in [1.807, 2.05) is 48.5 Å². The summed E-state index contributed by atoms with van der Waals surface area (Å²) in [5.41, 5.74) is 2.81. The lowest BCUT2D eigenvalue weighted by Gasteiger charge is -2.19. The molecular weight excluding hydrogens is 551 g/mol. The summed E-state index contributed by atoms with van der Waals surface area (Å²) < 4.78 is 47.2. The number of alkyl carbamates (subject to hydrolysis) is 1. The van der Waals surface area contributed by atoms with Crippen molar-refractivity contribution in [2.75, 3.05) is 6.61 Å². The SMILES string of the molecule is O=Cc1nccnc1Sc1c(Cl)ccc(C(F)(F)F)c1CNC(=O)OCC1c2ccccc2-c2ccccc21. The second-order valence-electron chi connectivity index (χ2n) is 8.55. The summed E-state index contributed by atoms with van der Waals surface area (Å²) in [7, 11) is 0. The molecular formula is C28H19ClF3N3O3S. The van der Waals surface area contributed by atoms with Gasteiger partial charge < -0.3 is 10.1 Å². The Kier molecular flexibility index (Phi) is 7.58. The first-order valence-electron chi connectivity index (χ1n) is 11.7. The molecule has 1 aromatic heterocycles. The van der Waals surface area contributed by atoms with E-state index in [0.717, 1.165) is 46.1 Å². The molecule has 4 aromatic rings. The van der Waals surface area contributed by atoms with Gasteiger partial charge in [0, 0.05) is 29.8 Å². The predicted molar refractivity (Wildman–Crippen MR) is 140 cm³/mol. The minimum absolute atomic E-state index is 0.000149. The molecule has 198 valence electrons. The van der Waals surface area contributed by atoms with Crippen molar-refractivity contribution in [3.63, 3.8) is 0 Å². The van der Waals surface area contributed by atoms with Crippen LogP contribution in [0.4, 0.5) is 18.0 Å². The smallest absolute Gasteiger partial charge is 0.416 e. The third kappa shape index (κ3) is 5.48. The van der Waals surface area contributed by atoms with Gasteiger partial charge in [-0.05, 0) is 39.9 Å². The first kappa shape index (κ1) is 26.7. The summed E-state index contributed by atoms with van der Waals surface area (Å²) in [4.78, 5) is 32.0. The van der Waals surface area contributed by atoms with Gasteiger partial charge in [0.1, 0.15) is 17.3 Å². The molecule has 0 bridgehead atoms. The van der Waals surface area contributed by atoms with Gasteiger partial charge in [-0.25, -0.2) is 14.8 Å². The summed E-state index contributed by atoms with van der Waals surface area (Å²) in [5.74, 6) is -0.204. The van der Waals surface area contributed by atoms with Gasteiger partial charge in [-0.3, -0.25) is 4.79 Å². The number of halogens is 4. The molecule has 1 aliphatic carbocycles. The molecule has 1 N–H and O–H groups in total. The molecule has 0 aliphatic heterocycles. The maximum absolute atomic E-state index is 13.9. The summed E-state index contributed by atoms with van der Waals surface area (Å²) in [6.45, 7) is -0.517. The average molecular weight is 570 g/mol. The van der Waals surface area contributed by atoms with Crippen LogP contribution < -0.4 is 5.32 Å². The molecule has 39 heavy (non-hydrogen) atoms. The minimum Gasteiger partial charge on any atom is -0.449 e. The van der Waals surface area contributed by atoms with Crippen LogP contribution >= 0.6 is 23.4 Å². The highest BCUT2D eigenvalue weighted by atomic mass is 35.5. The van der Waals surface area contributed by atoms with Crippen molar-refractivity contribution in [2.45, 2.75) is 28.6 Å². The fourth-order valence-corrected chi connectivity index (χ4v) is 5.83. The number of amides is 1. The Morgan fingerprint density at radius 3 is 2.28 bits per heavy atom. The van der Waals surface area contributed by atoms with E-state index in [1.165, 1.54) is 12.4 Å². The van der Waals surface area contributed by atoms with E-state index in [9.17, 15) is 22.8 Å². The number of benzene rings is 3.